The molecule has 1 atom stereocenters. The molecule has 0 saturated carbocycles. The summed E-state index contributed by atoms with van der Waals surface area (Å²) < 4.78 is 11.7. The largest absolute Gasteiger partial charge is 0.440 e. The van der Waals surface area contributed by atoms with Crippen LogP contribution in [0, 0.1) is 0 Å². The molecule has 0 amide bonds. The molecule has 19 heavy (non-hydrogen) atoms. The van der Waals surface area contributed by atoms with Crippen LogP contribution < -0.4 is 9.83 Å². The summed E-state index contributed by atoms with van der Waals surface area (Å²) in [6.07, 6.45) is 0. The Bertz CT molecular complexity index is 587. The molecular formula is C14H15O2PS2. The van der Waals surface area contributed by atoms with Crippen molar-refractivity contribution in [3.05, 3.63) is 54.6 Å². The first-order valence-electron chi connectivity index (χ1n) is 5.93. The fraction of sp³-hybridized carbons (Fsp3) is 0.143. The number of rotatable bonds is 5. The zero-order valence-corrected chi connectivity index (χ0v) is 13.1. The molecule has 0 spiro atoms. The van der Waals surface area contributed by atoms with Crippen LogP contribution >= 0.6 is 19.1 Å². The van der Waals surface area contributed by atoms with Crippen LogP contribution in [-0.2, 0) is 16.3 Å². The zero-order valence-electron chi connectivity index (χ0n) is 10.5. The Hall–Kier alpha value is -0.800. The summed E-state index contributed by atoms with van der Waals surface area (Å²) in [7, 11) is 0. The van der Waals surface area contributed by atoms with Gasteiger partial charge in [-0.05, 0) is 43.0 Å². The summed E-state index contributed by atoms with van der Waals surface area (Å²) in [5.74, 6) is 0.718. The Kier molecular flexibility index (Phi) is 5.06. The summed E-state index contributed by atoms with van der Waals surface area (Å²) >= 11 is 10.1. The average molecular weight is 310 g/mol. The minimum absolute atomic E-state index is 0.506. The molecule has 0 fully saturated rings. The van der Waals surface area contributed by atoms with Gasteiger partial charge in [0.15, 0.2) is 0 Å². The van der Waals surface area contributed by atoms with Crippen molar-refractivity contribution < 1.29 is 9.05 Å². The predicted molar refractivity (Wildman–Crippen MR) is 86.3 cm³/mol. The van der Waals surface area contributed by atoms with Crippen LogP contribution in [0.3, 0.4) is 0 Å². The van der Waals surface area contributed by atoms with E-state index >= 15 is 0 Å². The smallest absolute Gasteiger partial charge is 0.270 e. The van der Waals surface area contributed by atoms with Crippen molar-refractivity contribution in [2.75, 3.05) is 6.61 Å². The van der Waals surface area contributed by atoms with E-state index in [0.29, 0.717) is 6.61 Å². The van der Waals surface area contributed by atoms with Crippen LogP contribution in [0.2, 0.25) is 0 Å². The number of hydrogen-bond acceptors (Lipinski definition) is 4. The van der Waals surface area contributed by atoms with Crippen LogP contribution in [0.25, 0.3) is 0 Å². The highest BCUT2D eigenvalue weighted by Gasteiger charge is 2.25. The highest BCUT2D eigenvalue weighted by molar-refractivity contribution is 8.13. The quantitative estimate of drug-likeness (QED) is 0.664. The van der Waals surface area contributed by atoms with Crippen molar-refractivity contribution in [2.45, 2.75) is 11.8 Å². The molecule has 1 unspecified atom stereocenters. The van der Waals surface area contributed by atoms with Gasteiger partial charge < -0.3 is 9.05 Å². The molecule has 2 aromatic carbocycles. The van der Waals surface area contributed by atoms with Gasteiger partial charge in [-0.2, -0.15) is 0 Å². The molecule has 2 aromatic rings. The maximum atomic E-state index is 5.96. The third-order valence-electron chi connectivity index (χ3n) is 2.44. The van der Waals surface area contributed by atoms with Gasteiger partial charge in [0, 0.05) is 4.90 Å². The first-order chi connectivity index (χ1) is 9.15. The maximum Gasteiger partial charge on any atom is 0.270 e. The van der Waals surface area contributed by atoms with Crippen LogP contribution in [0.5, 0.6) is 5.75 Å². The Labute approximate surface area is 124 Å². The van der Waals surface area contributed by atoms with Gasteiger partial charge in [0.2, 0.25) is 0 Å². The van der Waals surface area contributed by atoms with E-state index in [1.807, 2.05) is 61.5 Å². The van der Waals surface area contributed by atoms with Gasteiger partial charge in [-0.15, -0.1) is 12.6 Å². The van der Waals surface area contributed by atoms with Gasteiger partial charge in [-0.25, -0.2) is 0 Å². The molecule has 0 bridgehead atoms. The number of benzene rings is 2. The topological polar surface area (TPSA) is 18.5 Å². The lowest BCUT2D eigenvalue weighted by Crippen LogP contribution is -2.13. The van der Waals surface area contributed by atoms with E-state index in [9.17, 15) is 0 Å². The van der Waals surface area contributed by atoms with E-state index in [1.54, 1.807) is 0 Å². The third kappa shape index (κ3) is 3.61. The van der Waals surface area contributed by atoms with Crippen LogP contribution in [0.4, 0.5) is 0 Å². The number of hydrogen-bond donors (Lipinski definition) is 1. The minimum Gasteiger partial charge on any atom is -0.440 e. The lowest BCUT2D eigenvalue weighted by atomic mass is 10.3. The van der Waals surface area contributed by atoms with Gasteiger partial charge in [0.05, 0.1) is 11.9 Å². The Morgan fingerprint density at radius 2 is 1.68 bits per heavy atom. The fourth-order valence-electron chi connectivity index (χ4n) is 1.63. The molecule has 100 valence electrons. The molecule has 0 heterocycles. The van der Waals surface area contributed by atoms with Gasteiger partial charge in [0.25, 0.3) is 6.49 Å². The molecule has 0 aliphatic carbocycles. The fourth-order valence-corrected chi connectivity index (χ4v) is 5.09. The molecular weight excluding hydrogens is 295 g/mol. The van der Waals surface area contributed by atoms with Crippen molar-refractivity contribution in [3.63, 3.8) is 0 Å². The van der Waals surface area contributed by atoms with E-state index in [-0.39, 0.29) is 0 Å². The van der Waals surface area contributed by atoms with Crippen LogP contribution in [0.15, 0.2) is 59.5 Å². The lowest BCUT2D eigenvalue weighted by Gasteiger charge is -2.23. The summed E-state index contributed by atoms with van der Waals surface area (Å²) in [6.45, 7) is -0.155. The molecule has 5 heteroatoms. The van der Waals surface area contributed by atoms with E-state index in [4.69, 9.17) is 20.9 Å². The SMILES string of the molecule is CCOP(=S)(Oc1ccccc1)c1ccccc1S. The second-order valence-electron chi connectivity index (χ2n) is 3.81. The molecule has 0 N–H and O–H groups in total. The summed E-state index contributed by atoms with van der Waals surface area (Å²) in [5.41, 5.74) is 0. The highest BCUT2D eigenvalue weighted by Crippen LogP contribution is 2.48. The third-order valence-corrected chi connectivity index (χ3v) is 6.17. The van der Waals surface area contributed by atoms with E-state index in [0.717, 1.165) is 15.9 Å². The average Bonchev–Trinajstić information content (AvgIpc) is 2.40. The normalized spacial score (nSPS) is 13.8. The van der Waals surface area contributed by atoms with Gasteiger partial charge in [-0.1, -0.05) is 30.3 Å². The Morgan fingerprint density at radius 1 is 1.05 bits per heavy atom. The molecule has 2 rings (SSSR count). The first kappa shape index (κ1) is 14.6. The number of para-hydroxylation sites is 1. The highest BCUT2D eigenvalue weighted by atomic mass is 32.5. The maximum absolute atomic E-state index is 5.96. The van der Waals surface area contributed by atoms with E-state index < -0.39 is 6.49 Å². The monoisotopic (exact) mass is 310 g/mol. The second kappa shape index (κ2) is 6.58. The summed E-state index contributed by atoms with van der Waals surface area (Å²) in [5, 5.41) is 0.846. The minimum atomic E-state index is -2.57. The van der Waals surface area contributed by atoms with E-state index in [1.165, 1.54) is 0 Å². The molecule has 0 aliphatic heterocycles. The van der Waals surface area contributed by atoms with Gasteiger partial charge >= 0.3 is 0 Å². The standard InChI is InChI=1S/C14H15O2PS2/c1-2-15-17(19,13-10-6-7-11-14(13)18)16-12-8-4-3-5-9-12/h3-11,18H,2H2,1H3. The molecule has 0 aliphatic rings. The Balaban J connectivity index is 2.38. The first-order valence-corrected chi connectivity index (χ1v) is 9.02. The Morgan fingerprint density at radius 3 is 2.32 bits per heavy atom. The van der Waals surface area contributed by atoms with Crippen LogP contribution in [-0.4, -0.2) is 6.61 Å². The second-order valence-corrected chi connectivity index (χ2v) is 7.65. The van der Waals surface area contributed by atoms with E-state index in [2.05, 4.69) is 12.6 Å². The zero-order chi connectivity index (χ0) is 13.7. The molecule has 0 aromatic heterocycles. The summed E-state index contributed by atoms with van der Waals surface area (Å²) in [4.78, 5) is 0.801. The van der Waals surface area contributed by atoms with Crippen molar-refractivity contribution in [1.29, 1.82) is 0 Å². The number of thiol groups is 1. The van der Waals surface area contributed by atoms with Crippen LogP contribution in [0.1, 0.15) is 6.92 Å². The van der Waals surface area contributed by atoms with Gasteiger partial charge in [-0.3, -0.25) is 0 Å². The van der Waals surface area contributed by atoms with Crippen molar-refractivity contribution >= 4 is 36.2 Å². The molecule has 0 radical (unpaired) electrons. The van der Waals surface area contributed by atoms with Crippen molar-refractivity contribution in [1.82, 2.24) is 0 Å². The van der Waals surface area contributed by atoms with Crippen molar-refractivity contribution in [3.8, 4) is 5.75 Å². The lowest BCUT2D eigenvalue weighted by molar-refractivity contribution is 0.339. The summed E-state index contributed by atoms with van der Waals surface area (Å²) in [6, 6.07) is 17.2. The molecule has 2 nitrogen and oxygen atoms in total. The predicted octanol–water partition coefficient (Wildman–Crippen LogP) is 4.03. The van der Waals surface area contributed by atoms with Gasteiger partial charge in [0.1, 0.15) is 5.75 Å². The molecule has 0 saturated heterocycles. The van der Waals surface area contributed by atoms with Crippen molar-refractivity contribution in [2.24, 2.45) is 0 Å².